The number of benzene rings is 1. The van der Waals surface area contributed by atoms with Crippen molar-refractivity contribution in [1.82, 2.24) is 0 Å². The molecule has 0 unspecified atom stereocenters. The fraction of sp³-hybridized carbons (Fsp3) is 0.462. The highest BCUT2D eigenvalue weighted by Crippen LogP contribution is 2.43. The molecule has 6 heteroatoms. The molecule has 0 atom stereocenters. The van der Waals surface area contributed by atoms with E-state index in [9.17, 15) is 18.0 Å². The third-order valence-corrected chi connectivity index (χ3v) is 3.65. The van der Waals surface area contributed by atoms with Crippen molar-refractivity contribution in [2.75, 3.05) is 11.9 Å². The Balaban J connectivity index is 2.03. The summed E-state index contributed by atoms with van der Waals surface area (Å²) in [7, 11) is 0. The Labute approximate surface area is 109 Å². The van der Waals surface area contributed by atoms with Gasteiger partial charge in [0.25, 0.3) is 0 Å². The summed E-state index contributed by atoms with van der Waals surface area (Å²) in [6.45, 7) is 0.409. The fourth-order valence-electron chi connectivity index (χ4n) is 2.30. The molecule has 3 N–H and O–H groups in total. The van der Waals surface area contributed by atoms with Crippen LogP contribution < -0.4 is 11.1 Å². The normalized spacial score (nSPS) is 16.8. The van der Waals surface area contributed by atoms with Crippen molar-refractivity contribution in [2.45, 2.75) is 25.7 Å². The van der Waals surface area contributed by atoms with Crippen LogP contribution >= 0.6 is 0 Å². The third kappa shape index (κ3) is 2.89. The number of carbonyl (C=O) groups excluding carboxylic acids is 1. The lowest BCUT2D eigenvalue weighted by Gasteiger charge is -2.40. The van der Waals surface area contributed by atoms with Gasteiger partial charge in [0.05, 0.1) is 0 Å². The zero-order valence-electron chi connectivity index (χ0n) is 10.3. The van der Waals surface area contributed by atoms with Crippen molar-refractivity contribution in [3.63, 3.8) is 0 Å². The van der Waals surface area contributed by atoms with Crippen molar-refractivity contribution in [3.8, 4) is 0 Å². The molecule has 0 aliphatic heterocycles. The highest BCUT2D eigenvalue weighted by atomic mass is 19.2. The Hall–Kier alpha value is -1.56. The van der Waals surface area contributed by atoms with Crippen molar-refractivity contribution in [2.24, 2.45) is 11.1 Å². The van der Waals surface area contributed by atoms with Crippen molar-refractivity contribution in [3.05, 3.63) is 29.6 Å². The van der Waals surface area contributed by atoms with Gasteiger partial charge in [-0.3, -0.25) is 4.79 Å². The number of nitrogens with one attached hydrogen (secondary N) is 1. The summed E-state index contributed by atoms with van der Waals surface area (Å²) >= 11 is 0. The number of halogens is 3. The van der Waals surface area contributed by atoms with Gasteiger partial charge in [0.2, 0.25) is 5.91 Å². The minimum atomic E-state index is -1.55. The number of nitrogens with two attached hydrogens (primary N) is 1. The van der Waals surface area contributed by atoms with Gasteiger partial charge in [-0.15, -0.1) is 0 Å². The van der Waals surface area contributed by atoms with Crippen LogP contribution in [0.5, 0.6) is 0 Å². The molecule has 0 radical (unpaired) electrons. The van der Waals surface area contributed by atoms with E-state index >= 15 is 0 Å². The second-order valence-corrected chi connectivity index (χ2v) is 5.04. The molecular formula is C13H15F3N2O. The maximum atomic E-state index is 13.0. The molecule has 2 rings (SSSR count). The van der Waals surface area contributed by atoms with Crippen LogP contribution in [0.1, 0.15) is 25.7 Å². The van der Waals surface area contributed by atoms with E-state index in [0.29, 0.717) is 6.54 Å². The minimum Gasteiger partial charge on any atom is -0.330 e. The first-order chi connectivity index (χ1) is 8.96. The predicted octanol–water partition coefficient (Wildman–Crippen LogP) is 2.56. The zero-order valence-corrected chi connectivity index (χ0v) is 10.3. The molecule has 0 spiro atoms. The Bertz CT molecular complexity index is 472. The Morgan fingerprint density at radius 1 is 1.26 bits per heavy atom. The molecule has 1 aromatic rings. The first-order valence-corrected chi connectivity index (χ1v) is 6.10. The second kappa shape index (κ2) is 5.21. The largest absolute Gasteiger partial charge is 0.330 e. The first-order valence-electron chi connectivity index (χ1n) is 6.10. The van der Waals surface area contributed by atoms with Gasteiger partial charge in [-0.05, 0) is 24.8 Å². The lowest BCUT2D eigenvalue weighted by atomic mass is 9.66. The first kappa shape index (κ1) is 13.9. The molecular weight excluding hydrogens is 257 g/mol. The smallest absolute Gasteiger partial charge is 0.224 e. The summed E-state index contributed by atoms with van der Waals surface area (Å²) < 4.78 is 38.7. The molecule has 3 nitrogen and oxygen atoms in total. The summed E-state index contributed by atoms with van der Waals surface area (Å²) in [6.07, 6.45) is 3.00. The molecule has 0 heterocycles. The van der Waals surface area contributed by atoms with E-state index in [1.54, 1.807) is 0 Å². The number of rotatable bonds is 4. The van der Waals surface area contributed by atoms with Gasteiger partial charge in [-0.2, -0.15) is 0 Å². The molecule has 1 fully saturated rings. The van der Waals surface area contributed by atoms with Gasteiger partial charge in [0, 0.05) is 24.2 Å². The van der Waals surface area contributed by atoms with E-state index in [2.05, 4.69) is 5.32 Å². The van der Waals surface area contributed by atoms with Gasteiger partial charge in [0.15, 0.2) is 17.5 Å². The van der Waals surface area contributed by atoms with E-state index in [4.69, 9.17) is 5.73 Å². The van der Waals surface area contributed by atoms with E-state index in [1.165, 1.54) is 0 Å². The molecule has 0 bridgehead atoms. The van der Waals surface area contributed by atoms with Crippen molar-refractivity contribution in [1.29, 1.82) is 0 Å². The van der Waals surface area contributed by atoms with Crippen molar-refractivity contribution >= 4 is 11.6 Å². The average Bonchev–Trinajstić information content (AvgIpc) is 2.30. The monoisotopic (exact) mass is 272 g/mol. The lowest BCUT2D eigenvalue weighted by molar-refractivity contribution is -0.119. The van der Waals surface area contributed by atoms with Crippen LogP contribution in [0.15, 0.2) is 12.1 Å². The average molecular weight is 272 g/mol. The van der Waals surface area contributed by atoms with E-state index in [1.807, 2.05) is 0 Å². The second-order valence-electron chi connectivity index (χ2n) is 5.04. The van der Waals surface area contributed by atoms with E-state index in [0.717, 1.165) is 31.4 Å². The van der Waals surface area contributed by atoms with Gasteiger partial charge in [-0.1, -0.05) is 6.42 Å². The lowest BCUT2D eigenvalue weighted by Crippen LogP contribution is -2.40. The zero-order chi connectivity index (χ0) is 14.0. The van der Waals surface area contributed by atoms with Crippen LogP contribution in [0.3, 0.4) is 0 Å². The van der Waals surface area contributed by atoms with Crippen LogP contribution in [0.25, 0.3) is 0 Å². The van der Waals surface area contributed by atoms with Crippen LogP contribution in [-0.2, 0) is 4.79 Å². The molecule has 0 aromatic heterocycles. The molecule has 1 amide bonds. The van der Waals surface area contributed by atoms with Gasteiger partial charge in [-0.25, -0.2) is 13.2 Å². The molecule has 1 aromatic carbocycles. The highest BCUT2D eigenvalue weighted by Gasteiger charge is 2.37. The summed E-state index contributed by atoms with van der Waals surface area (Å²) in [5.41, 5.74) is 5.35. The molecule has 0 saturated heterocycles. The highest BCUT2D eigenvalue weighted by molar-refractivity contribution is 5.91. The van der Waals surface area contributed by atoms with E-state index in [-0.39, 0.29) is 23.4 Å². The maximum Gasteiger partial charge on any atom is 0.224 e. The SMILES string of the molecule is NCC1(CC(=O)Nc2cc(F)c(F)c(F)c2)CCC1. The Morgan fingerprint density at radius 3 is 2.26 bits per heavy atom. The van der Waals surface area contributed by atoms with Crippen molar-refractivity contribution < 1.29 is 18.0 Å². The van der Waals surface area contributed by atoms with Gasteiger partial charge in [0.1, 0.15) is 0 Å². The molecule has 1 aliphatic carbocycles. The van der Waals surface area contributed by atoms with Crippen LogP contribution in [0, 0.1) is 22.9 Å². The Morgan fingerprint density at radius 2 is 1.84 bits per heavy atom. The number of hydrogen-bond donors (Lipinski definition) is 2. The third-order valence-electron chi connectivity index (χ3n) is 3.65. The van der Waals surface area contributed by atoms with Crippen LogP contribution in [0.4, 0.5) is 18.9 Å². The topological polar surface area (TPSA) is 55.1 Å². The molecule has 1 aliphatic rings. The number of anilines is 1. The van der Waals surface area contributed by atoms with E-state index < -0.39 is 17.5 Å². The summed E-state index contributed by atoms with van der Waals surface area (Å²) in [5, 5.41) is 2.37. The fourth-order valence-corrected chi connectivity index (χ4v) is 2.30. The molecule has 104 valence electrons. The standard InChI is InChI=1S/C13H15F3N2O/c14-9-4-8(5-10(15)12(9)16)18-11(19)6-13(7-17)2-1-3-13/h4-5H,1-3,6-7,17H2,(H,18,19). The molecule has 19 heavy (non-hydrogen) atoms. The molecule has 1 saturated carbocycles. The predicted molar refractivity (Wildman–Crippen MR) is 64.9 cm³/mol. The maximum absolute atomic E-state index is 13.0. The van der Waals surface area contributed by atoms with Gasteiger partial charge < -0.3 is 11.1 Å². The number of carbonyl (C=O) groups is 1. The summed E-state index contributed by atoms with van der Waals surface area (Å²) in [5.74, 6) is -4.56. The van der Waals surface area contributed by atoms with Crippen LogP contribution in [-0.4, -0.2) is 12.5 Å². The minimum absolute atomic E-state index is 0.0899. The van der Waals surface area contributed by atoms with Crippen LogP contribution in [0.2, 0.25) is 0 Å². The quantitative estimate of drug-likeness (QED) is 0.828. The summed E-state index contributed by atoms with van der Waals surface area (Å²) in [6, 6.07) is 1.51. The number of amides is 1. The Kier molecular flexibility index (Phi) is 3.80. The summed E-state index contributed by atoms with van der Waals surface area (Å²) in [4.78, 5) is 11.8. The number of hydrogen-bond acceptors (Lipinski definition) is 2. The van der Waals surface area contributed by atoms with Gasteiger partial charge >= 0.3 is 0 Å².